The molecule has 0 saturated carbocycles. The second kappa shape index (κ2) is 19.4. The molecule has 260 valence electrons. The Morgan fingerprint density at radius 2 is 0.938 bits per heavy atom. The van der Waals surface area contributed by atoms with Gasteiger partial charge in [-0.1, -0.05) is 83.3 Å². The van der Waals surface area contributed by atoms with Gasteiger partial charge in [0.2, 0.25) is 24.1 Å². The van der Waals surface area contributed by atoms with Crippen molar-refractivity contribution in [2.45, 2.75) is 79.3 Å². The van der Waals surface area contributed by atoms with Crippen LogP contribution in [0.25, 0.3) is 0 Å². The van der Waals surface area contributed by atoms with Crippen molar-refractivity contribution in [3.8, 4) is 0 Å². The molecular weight excluding hydrogens is 679 g/mol. The lowest BCUT2D eigenvalue weighted by Gasteiger charge is -2.31. The average Bonchev–Trinajstić information content (AvgIpc) is 3.57. The number of rotatable bonds is 8. The Hall–Kier alpha value is -2.78. The Kier molecular flexibility index (Phi) is 16.0. The summed E-state index contributed by atoms with van der Waals surface area (Å²) >= 11 is 3.43. The molecular formula is C38H50Cl2N4O2S2. The molecule has 2 saturated heterocycles. The standard InChI is InChI=1S/2C19H25N2OS.2ClH/c2*1-15-16(2)23-14-21(15)13-19(22)20-10-8-18(9-11-20)12-17-6-4-3-5-7-17;;/h2*3-7,14,18H,8-13H2,1-2H3;2*1H/q2*+1;;/p-2. The van der Waals surface area contributed by atoms with Crippen LogP contribution in [-0.2, 0) is 35.5 Å². The third-order valence-corrected chi connectivity index (χ3v) is 11.9. The lowest BCUT2D eigenvalue weighted by molar-refractivity contribution is -0.686. The fourth-order valence-corrected chi connectivity index (χ4v) is 8.10. The van der Waals surface area contributed by atoms with E-state index in [2.05, 4.69) is 109 Å². The second-order valence-electron chi connectivity index (χ2n) is 13.0. The monoisotopic (exact) mass is 728 g/mol. The highest BCUT2D eigenvalue weighted by Crippen LogP contribution is 2.23. The summed E-state index contributed by atoms with van der Waals surface area (Å²) in [5.74, 6) is 1.93. The number of thiazole rings is 2. The Balaban J connectivity index is 0.000000250. The van der Waals surface area contributed by atoms with E-state index in [1.165, 1.54) is 32.3 Å². The smallest absolute Gasteiger partial charge is 0.288 e. The fourth-order valence-electron chi connectivity index (χ4n) is 6.49. The zero-order chi connectivity index (χ0) is 32.5. The predicted molar refractivity (Wildman–Crippen MR) is 187 cm³/mol. The number of amides is 2. The van der Waals surface area contributed by atoms with Crippen molar-refractivity contribution < 1.29 is 43.5 Å². The molecule has 2 amide bonds. The fraction of sp³-hybridized carbons (Fsp3) is 0.474. The highest BCUT2D eigenvalue weighted by atomic mass is 35.5. The van der Waals surface area contributed by atoms with Crippen molar-refractivity contribution in [1.29, 1.82) is 0 Å². The van der Waals surface area contributed by atoms with Crippen LogP contribution in [0.3, 0.4) is 0 Å². The molecule has 0 spiro atoms. The predicted octanol–water partition coefficient (Wildman–Crippen LogP) is 0.275. The molecule has 10 heteroatoms. The summed E-state index contributed by atoms with van der Waals surface area (Å²) in [5.41, 5.74) is 9.37. The maximum Gasteiger partial charge on any atom is 0.288 e. The minimum Gasteiger partial charge on any atom is -1.00 e. The third-order valence-electron chi connectivity index (χ3n) is 9.87. The second-order valence-corrected chi connectivity index (χ2v) is 15.1. The van der Waals surface area contributed by atoms with Crippen molar-refractivity contribution in [3.63, 3.8) is 0 Å². The van der Waals surface area contributed by atoms with Gasteiger partial charge < -0.3 is 34.6 Å². The quantitative estimate of drug-likeness (QED) is 0.245. The summed E-state index contributed by atoms with van der Waals surface area (Å²) < 4.78 is 4.16. The molecule has 0 N–H and O–H groups in total. The summed E-state index contributed by atoms with van der Waals surface area (Å²) in [6.45, 7) is 13.0. The van der Waals surface area contributed by atoms with Gasteiger partial charge in [-0.3, -0.25) is 9.59 Å². The van der Waals surface area contributed by atoms with Crippen molar-refractivity contribution in [1.82, 2.24) is 9.80 Å². The number of nitrogens with zero attached hydrogens (tertiary/aromatic N) is 4. The Morgan fingerprint density at radius 1 is 0.604 bits per heavy atom. The maximum atomic E-state index is 12.5. The maximum absolute atomic E-state index is 12.5. The number of aromatic nitrogens is 2. The van der Waals surface area contributed by atoms with Gasteiger partial charge in [-0.05, 0) is 75.3 Å². The minimum atomic E-state index is 0. The van der Waals surface area contributed by atoms with Gasteiger partial charge in [0.25, 0.3) is 11.8 Å². The van der Waals surface area contributed by atoms with Gasteiger partial charge in [-0.2, -0.15) is 9.13 Å². The van der Waals surface area contributed by atoms with Crippen LogP contribution < -0.4 is 33.9 Å². The molecule has 0 bridgehead atoms. The minimum absolute atomic E-state index is 0. The summed E-state index contributed by atoms with van der Waals surface area (Å²) in [5, 5.41) is 0. The van der Waals surface area contributed by atoms with Gasteiger partial charge >= 0.3 is 0 Å². The van der Waals surface area contributed by atoms with E-state index >= 15 is 0 Å². The summed E-state index contributed by atoms with van der Waals surface area (Å²) in [7, 11) is 0. The molecule has 2 aliphatic rings. The zero-order valence-electron chi connectivity index (χ0n) is 28.7. The summed E-state index contributed by atoms with van der Waals surface area (Å²) in [4.78, 5) is 31.7. The van der Waals surface area contributed by atoms with Crippen LogP contribution in [0.15, 0.2) is 71.7 Å². The largest absolute Gasteiger partial charge is 1.00 e. The van der Waals surface area contributed by atoms with E-state index in [0.717, 1.165) is 64.7 Å². The van der Waals surface area contributed by atoms with Crippen LogP contribution in [0.1, 0.15) is 58.0 Å². The van der Waals surface area contributed by atoms with E-state index in [0.29, 0.717) is 24.9 Å². The number of likely N-dealkylation sites (tertiary alicyclic amines) is 2. The van der Waals surface area contributed by atoms with Crippen molar-refractivity contribution in [3.05, 3.63) is 104 Å². The molecule has 4 heterocycles. The number of carbonyl (C=O) groups excluding carboxylic acids is 2. The molecule has 0 unspecified atom stereocenters. The molecule has 4 aromatic rings. The first kappa shape index (κ1) is 39.7. The van der Waals surface area contributed by atoms with E-state index in [4.69, 9.17) is 0 Å². The number of halogens is 2. The Bertz CT molecular complexity index is 1440. The van der Waals surface area contributed by atoms with Crippen molar-refractivity contribution >= 4 is 34.5 Å². The highest BCUT2D eigenvalue weighted by Gasteiger charge is 2.27. The number of hydrogen-bond acceptors (Lipinski definition) is 4. The molecule has 2 fully saturated rings. The van der Waals surface area contributed by atoms with Gasteiger partial charge in [0.05, 0.1) is 9.75 Å². The van der Waals surface area contributed by atoms with Gasteiger partial charge in [0.1, 0.15) is 0 Å². The molecule has 2 aromatic heterocycles. The Labute approximate surface area is 307 Å². The SMILES string of the molecule is Cc1sc[n+](CC(=O)N2CCC(Cc3ccccc3)CC2)c1C.Cc1sc[n+](CC(=O)N2CCC(Cc3ccccc3)CC2)c1C.[Cl-].[Cl-]. The molecule has 6 rings (SSSR count). The van der Waals surface area contributed by atoms with Crippen molar-refractivity contribution in [2.75, 3.05) is 26.2 Å². The number of carbonyl (C=O) groups is 2. The number of benzene rings is 2. The van der Waals surface area contributed by atoms with Gasteiger partial charge in [-0.25, -0.2) is 0 Å². The van der Waals surface area contributed by atoms with Gasteiger partial charge in [0.15, 0.2) is 11.4 Å². The summed E-state index contributed by atoms with van der Waals surface area (Å²) in [6, 6.07) is 21.4. The first-order valence-corrected chi connectivity index (χ1v) is 18.5. The van der Waals surface area contributed by atoms with Crippen LogP contribution in [0.5, 0.6) is 0 Å². The number of piperidine rings is 2. The first-order valence-electron chi connectivity index (χ1n) is 16.8. The van der Waals surface area contributed by atoms with Crippen LogP contribution in [-0.4, -0.2) is 47.8 Å². The van der Waals surface area contributed by atoms with E-state index < -0.39 is 0 Å². The average molecular weight is 730 g/mol. The van der Waals surface area contributed by atoms with Gasteiger partial charge in [-0.15, -0.1) is 0 Å². The first-order chi connectivity index (χ1) is 22.3. The Morgan fingerprint density at radius 3 is 1.23 bits per heavy atom. The highest BCUT2D eigenvalue weighted by molar-refractivity contribution is 7.09. The molecule has 2 aromatic carbocycles. The molecule has 0 atom stereocenters. The van der Waals surface area contributed by atoms with E-state index in [1.807, 2.05) is 9.80 Å². The molecule has 0 radical (unpaired) electrons. The van der Waals surface area contributed by atoms with Gasteiger partial charge in [0, 0.05) is 40.0 Å². The zero-order valence-corrected chi connectivity index (χ0v) is 31.9. The van der Waals surface area contributed by atoms with Crippen LogP contribution in [0, 0.1) is 39.5 Å². The lowest BCUT2D eigenvalue weighted by atomic mass is 9.90. The van der Waals surface area contributed by atoms with Crippen LogP contribution in [0.4, 0.5) is 0 Å². The van der Waals surface area contributed by atoms with Crippen molar-refractivity contribution in [2.24, 2.45) is 11.8 Å². The van der Waals surface area contributed by atoms with Crippen LogP contribution in [0.2, 0.25) is 0 Å². The molecule has 2 aliphatic heterocycles. The van der Waals surface area contributed by atoms with E-state index in [-0.39, 0.29) is 36.6 Å². The van der Waals surface area contributed by atoms with Crippen LogP contribution >= 0.6 is 22.7 Å². The topological polar surface area (TPSA) is 48.4 Å². The summed E-state index contributed by atoms with van der Waals surface area (Å²) in [6.07, 6.45) is 6.75. The third kappa shape index (κ3) is 11.1. The normalized spacial score (nSPS) is 15.2. The number of hydrogen-bond donors (Lipinski definition) is 0. The molecule has 6 nitrogen and oxygen atoms in total. The number of aryl methyl sites for hydroxylation is 2. The molecule has 0 aliphatic carbocycles. The van der Waals surface area contributed by atoms with E-state index in [9.17, 15) is 9.59 Å². The lowest BCUT2D eigenvalue weighted by Crippen LogP contribution is -3.00. The van der Waals surface area contributed by atoms with E-state index in [1.54, 1.807) is 22.7 Å². The molecule has 48 heavy (non-hydrogen) atoms.